The van der Waals surface area contributed by atoms with Gasteiger partial charge in [0.2, 0.25) is 0 Å². The molecule has 0 aliphatic heterocycles. The Kier molecular flexibility index (Phi) is 10.7. The zero-order chi connectivity index (χ0) is 24.2. The number of halogens is 1. The van der Waals surface area contributed by atoms with Crippen molar-refractivity contribution in [1.29, 1.82) is 0 Å². The lowest BCUT2D eigenvalue weighted by Gasteiger charge is -2.15. The van der Waals surface area contributed by atoms with Gasteiger partial charge in [-0.05, 0) is 72.6 Å². The van der Waals surface area contributed by atoms with E-state index in [0.29, 0.717) is 5.75 Å². The summed E-state index contributed by atoms with van der Waals surface area (Å²) < 4.78 is 20.5. The van der Waals surface area contributed by atoms with Crippen LogP contribution in [0.3, 0.4) is 0 Å². The quantitative estimate of drug-likeness (QED) is 0.217. The van der Waals surface area contributed by atoms with Crippen molar-refractivity contribution in [3.05, 3.63) is 78.1 Å². The highest BCUT2D eigenvalue weighted by Crippen LogP contribution is 2.29. The lowest BCUT2D eigenvalue weighted by Crippen LogP contribution is -2.12. The molecule has 3 aromatic rings. The first-order valence-corrected chi connectivity index (χ1v) is 13.3. The Morgan fingerprint density at radius 2 is 1.18 bits per heavy atom. The molecular weight excluding hydrogens is 419 g/mol. The molecule has 0 bridgehead atoms. The minimum atomic E-state index is -0.297. The van der Waals surface area contributed by atoms with Crippen molar-refractivity contribution in [2.24, 2.45) is 0 Å². The van der Waals surface area contributed by atoms with Gasteiger partial charge in [0.25, 0.3) is 0 Å². The number of ether oxygens (including phenoxy) is 1. The van der Waals surface area contributed by atoms with E-state index >= 15 is 0 Å². The molecule has 3 rings (SSSR count). The van der Waals surface area contributed by atoms with Gasteiger partial charge in [-0.2, -0.15) is 0 Å². The molecule has 34 heavy (non-hydrogen) atoms. The average Bonchev–Trinajstić information content (AvgIpc) is 2.86. The summed E-state index contributed by atoms with van der Waals surface area (Å²) in [6.45, 7) is 6.46. The van der Waals surface area contributed by atoms with Gasteiger partial charge in [-0.15, -0.1) is 0 Å². The van der Waals surface area contributed by atoms with Crippen molar-refractivity contribution in [1.82, 2.24) is 0 Å². The fourth-order valence-electron chi connectivity index (χ4n) is 4.39. The highest BCUT2D eigenvalue weighted by Gasteiger charge is 2.10. The molecule has 0 spiro atoms. The van der Waals surface area contributed by atoms with Gasteiger partial charge in [-0.3, -0.25) is 0 Å². The smallest absolute Gasteiger partial charge is 0.165 e. The van der Waals surface area contributed by atoms with Crippen LogP contribution in [0.5, 0.6) is 5.75 Å². The molecule has 1 atom stereocenters. The van der Waals surface area contributed by atoms with E-state index in [4.69, 9.17) is 4.74 Å². The molecule has 0 saturated heterocycles. The third-order valence-electron chi connectivity index (χ3n) is 6.55. The van der Waals surface area contributed by atoms with E-state index in [1.165, 1.54) is 61.6 Å². The first kappa shape index (κ1) is 26.0. The fourth-order valence-corrected chi connectivity index (χ4v) is 4.39. The second-order valence-corrected chi connectivity index (χ2v) is 9.51. The zero-order valence-corrected chi connectivity index (χ0v) is 21.3. The fraction of sp³-hybridized carbons (Fsp3) is 0.438. The normalized spacial score (nSPS) is 12.0. The van der Waals surface area contributed by atoms with Gasteiger partial charge in [0, 0.05) is 0 Å². The SMILES string of the molecule is CCCCCCCc1ccc(-c2ccc(-c3ccc(O[C@H](C)CCCCC)c(F)c3)cc2)cc1. The van der Waals surface area contributed by atoms with Crippen LogP contribution in [-0.4, -0.2) is 6.10 Å². The topological polar surface area (TPSA) is 9.23 Å². The van der Waals surface area contributed by atoms with Crippen LogP contribution >= 0.6 is 0 Å². The van der Waals surface area contributed by atoms with Crippen molar-refractivity contribution in [3.8, 4) is 28.0 Å². The molecule has 3 aromatic carbocycles. The van der Waals surface area contributed by atoms with Gasteiger partial charge in [0.1, 0.15) is 0 Å². The number of unbranched alkanes of at least 4 members (excludes halogenated alkanes) is 6. The third kappa shape index (κ3) is 8.01. The van der Waals surface area contributed by atoms with E-state index in [2.05, 4.69) is 62.4 Å². The van der Waals surface area contributed by atoms with Crippen molar-refractivity contribution < 1.29 is 9.13 Å². The van der Waals surface area contributed by atoms with Crippen LogP contribution in [0.15, 0.2) is 66.7 Å². The molecule has 0 aromatic heterocycles. The van der Waals surface area contributed by atoms with E-state index in [9.17, 15) is 4.39 Å². The molecule has 0 heterocycles. The lowest BCUT2D eigenvalue weighted by atomic mass is 9.98. The summed E-state index contributed by atoms with van der Waals surface area (Å²) in [6.07, 6.45) is 12.2. The van der Waals surface area contributed by atoms with Gasteiger partial charge < -0.3 is 4.74 Å². The van der Waals surface area contributed by atoms with Crippen LogP contribution in [0.4, 0.5) is 4.39 Å². The molecule has 0 N–H and O–H groups in total. The summed E-state index contributed by atoms with van der Waals surface area (Å²) in [6, 6.07) is 22.6. The largest absolute Gasteiger partial charge is 0.488 e. The predicted molar refractivity (Wildman–Crippen MR) is 144 cm³/mol. The summed E-state index contributed by atoms with van der Waals surface area (Å²) in [5, 5.41) is 0. The predicted octanol–water partition coefficient (Wildman–Crippen LogP) is 10.0. The Hall–Kier alpha value is -2.61. The summed E-state index contributed by atoms with van der Waals surface area (Å²) in [5.74, 6) is 0.0454. The average molecular weight is 461 g/mol. The molecule has 182 valence electrons. The minimum Gasteiger partial charge on any atom is -0.488 e. The monoisotopic (exact) mass is 460 g/mol. The number of rotatable bonds is 14. The Bertz CT molecular complexity index is 975. The molecule has 0 unspecified atom stereocenters. The molecule has 0 saturated carbocycles. The van der Waals surface area contributed by atoms with E-state index in [-0.39, 0.29) is 11.9 Å². The maximum Gasteiger partial charge on any atom is 0.165 e. The summed E-state index contributed by atoms with van der Waals surface area (Å²) in [7, 11) is 0. The van der Waals surface area contributed by atoms with Crippen molar-refractivity contribution >= 4 is 0 Å². The molecule has 2 heteroatoms. The highest BCUT2D eigenvalue weighted by atomic mass is 19.1. The lowest BCUT2D eigenvalue weighted by molar-refractivity contribution is 0.198. The van der Waals surface area contributed by atoms with E-state index < -0.39 is 0 Å². The van der Waals surface area contributed by atoms with Gasteiger partial charge in [-0.25, -0.2) is 4.39 Å². The van der Waals surface area contributed by atoms with Crippen molar-refractivity contribution in [3.63, 3.8) is 0 Å². The van der Waals surface area contributed by atoms with Gasteiger partial charge in [-0.1, -0.05) is 107 Å². The van der Waals surface area contributed by atoms with Gasteiger partial charge >= 0.3 is 0 Å². The molecule has 0 aliphatic carbocycles. The zero-order valence-electron chi connectivity index (χ0n) is 21.3. The standard InChI is InChI=1S/C32H41FO/c1-4-6-8-9-11-13-26-14-16-27(17-15-26)28-18-20-29(21-19-28)30-22-23-32(31(33)24-30)34-25(3)12-10-7-5-2/h14-25H,4-13H2,1-3H3/t25-/m1/s1. The van der Waals surface area contributed by atoms with Crippen LogP contribution in [0, 0.1) is 5.82 Å². The number of hydrogen-bond acceptors (Lipinski definition) is 1. The second kappa shape index (κ2) is 13.9. The molecule has 0 amide bonds. The molecule has 0 aliphatic rings. The molecule has 0 radical (unpaired) electrons. The van der Waals surface area contributed by atoms with Crippen LogP contribution in [-0.2, 0) is 6.42 Å². The number of aryl methyl sites for hydroxylation is 1. The maximum absolute atomic E-state index is 14.7. The molecule has 0 fully saturated rings. The first-order valence-electron chi connectivity index (χ1n) is 13.3. The van der Waals surface area contributed by atoms with E-state index in [1.54, 1.807) is 12.1 Å². The summed E-state index contributed by atoms with van der Waals surface area (Å²) in [4.78, 5) is 0. The van der Waals surface area contributed by atoms with Crippen molar-refractivity contribution in [2.75, 3.05) is 0 Å². The Balaban J connectivity index is 1.58. The molecular formula is C32H41FO. The highest BCUT2D eigenvalue weighted by molar-refractivity contribution is 5.71. The van der Waals surface area contributed by atoms with Gasteiger partial charge in [0.05, 0.1) is 6.10 Å². The Morgan fingerprint density at radius 1 is 0.647 bits per heavy atom. The second-order valence-electron chi connectivity index (χ2n) is 9.51. The van der Waals surface area contributed by atoms with Crippen LogP contribution in [0.2, 0.25) is 0 Å². The minimum absolute atomic E-state index is 0.0265. The van der Waals surface area contributed by atoms with Crippen LogP contribution in [0.25, 0.3) is 22.3 Å². The summed E-state index contributed by atoms with van der Waals surface area (Å²) >= 11 is 0. The van der Waals surface area contributed by atoms with E-state index in [0.717, 1.165) is 30.4 Å². The maximum atomic E-state index is 14.7. The number of hydrogen-bond donors (Lipinski definition) is 0. The van der Waals surface area contributed by atoms with Crippen molar-refractivity contribution in [2.45, 2.75) is 91.1 Å². The van der Waals surface area contributed by atoms with Gasteiger partial charge in [0.15, 0.2) is 11.6 Å². The molecule has 1 nitrogen and oxygen atoms in total. The third-order valence-corrected chi connectivity index (χ3v) is 6.55. The Labute approximate surface area is 206 Å². The van der Waals surface area contributed by atoms with Crippen LogP contribution in [0.1, 0.15) is 84.1 Å². The first-order chi connectivity index (χ1) is 16.6. The number of benzene rings is 3. The Morgan fingerprint density at radius 3 is 1.79 bits per heavy atom. The van der Waals surface area contributed by atoms with Crippen LogP contribution < -0.4 is 4.74 Å². The summed E-state index contributed by atoms with van der Waals surface area (Å²) in [5.41, 5.74) is 5.68. The van der Waals surface area contributed by atoms with E-state index in [1.807, 2.05) is 13.0 Å².